The molecule has 78 valence electrons. The van der Waals surface area contributed by atoms with Crippen molar-refractivity contribution in [2.45, 2.75) is 32.2 Å². The molecule has 0 aliphatic rings. The van der Waals surface area contributed by atoms with Crippen molar-refractivity contribution in [2.24, 2.45) is 0 Å². The number of rotatable bonds is 3. The molecule has 0 spiro atoms. The van der Waals surface area contributed by atoms with Gasteiger partial charge in [-0.25, -0.2) is 4.68 Å². The summed E-state index contributed by atoms with van der Waals surface area (Å²) in [5.74, 6) is 0.464. The van der Waals surface area contributed by atoms with Crippen molar-refractivity contribution in [3.63, 3.8) is 0 Å². The Bertz CT molecular complexity index is 320. The number of aromatic nitrogens is 2. The third-order valence-electron chi connectivity index (χ3n) is 1.77. The predicted molar refractivity (Wildman–Crippen MR) is 56.6 cm³/mol. The normalized spacial score (nSPS) is 12.9. The van der Waals surface area contributed by atoms with E-state index in [0.29, 0.717) is 5.82 Å². The molecule has 0 bridgehead atoms. The number of halogens is 1. The Morgan fingerprint density at radius 2 is 2.21 bits per heavy atom. The van der Waals surface area contributed by atoms with Crippen molar-refractivity contribution in [1.82, 2.24) is 9.78 Å². The van der Waals surface area contributed by atoms with E-state index in [2.05, 4.69) is 10.4 Å². The topological polar surface area (TPSA) is 46.9 Å². The average Bonchev–Trinajstić information content (AvgIpc) is 2.52. The molecule has 1 unspecified atom stereocenters. The second-order valence-electron chi connectivity index (χ2n) is 3.36. The van der Waals surface area contributed by atoms with Gasteiger partial charge in [0.2, 0.25) is 5.91 Å². The second kappa shape index (κ2) is 4.46. The Morgan fingerprint density at radius 1 is 1.57 bits per heavy atom. The van der Waals surface area contributed by atoms with Crippen LogP contribution in [0, 0.1) is 0 Å². The van der Waals surface area contributed by atoms with E-state index >= 15 is 0 Å². The van der Waals surface area contributed by atoms with Crippen LogP contribution in [0.25, 0.3) is 0 Å². The van der Waals surface area contributed by atoms with Gasteiger partial charge < -0.3 is 5.32 Å². The number of hydrogen-bond donors (Lipinski definition) is 1. The number of anilines is 1. The van der Waals surface area contributed by atoms with Crippen LogP contribution < -0.4 is 5.32 Å². The third kappa shape index (κ3) is 2.48. The summed E-state index contributed by atoms with van der Waals surface area (Å²) in [5, 5.41) is 6.25. The Kier molecular flexibility index (Phi) is 3.52. The van der Waals surface area contributed by atoms with Crippen LogP contribution in [0.1, 0.15) is 26.8 Å². The quantitative estimate of drug-likeness (QED) is 0.785. The van der Waals surface area contributed by atoms with Crippen LogP contribution in [0.4, 0.5) is 5.82 Å². The number of amides is 1. The first kappa shape index (κ1) is 11.0. The Hall–Kier alpha value is -1.03. The lowest BCUT2D eigenvalue weighted by Crippen LogP contribution is -2.22. The Balaban J connectivity index is 2.76. The van der Waals surface area contributed by atoms with Gasteiger partial charge in [0.15, 0.2) is 0 Å². The first-order valence-electron chi connectivity index (χ1n) is 4.51. The molecule has 1 aromatic rings. The fraction of sp³-hybridized carbons (Fsp3) is 0.556. The minimum absolute atomic E-state index is 0.214. The van der Waals surface area contributed by atoms with Crippen LogP contribution in [0.5, 0.6) is 0 Å². The molecule has 0 aliphatic heterocycles. The number of nitrogens with zero attached hydrogens (tertiary/aromatic N) is 2. The van der Waals surface area contributed by atoms with Crippen LogP contribution >= 0.6 is 11.6 Å². The first-order chi connectivity index (χ1) is 6.52. The molecule has 0 radical (unpaired) electrons. The number of alkyl halides is 1. The van der Waals surface area contributed by atoms with Crippen LogP contribution in [-0.2, 0) is 4.79 Å². The minimum atomic E-state index is -0.537. The molecule has 14 heavy (non-hydrogen) atoms. The van der Waals surface area contributed by atoms with Crippen molar-refractivity contribution < 1.29 is 4.79 Å². The predicted octanol–water partition coefficient (Wildman–Crippen LogP) is 2.03. The monoisotopic (exact) mass is 215 g/mol. The van der Waals surface area contributed by atoms with E-state index < -0.39 is 5.38 Å². The third-order valence-corrected chi connectivity index (χ3v) is 1.97. The second-order valence-corrected chi connectivity index (χ2v) is 4.01. The summed E-state index contributed by atoms with van der Waals surface area (Å²) in [5.41, 5.74) is 0. The van der Waals surface area contributed by atoms with Gasteiger partial charge in [-0.3, -0.25) is 4.79 Å². The van der Waals surface area contributed by atoms with E-state index in [4.69, 9.17) is 11.6 Å². The smallest absolute Gasteiger partial charge is 0.243 e. The summed E-state index contributed by atoms with van der Waals surface area (Å²) in [7, 11) is 0. The zero-order valence-corrected chi connectivity index (χ0v) is 9.25. The highest BCUT2D eigenvalue weighted by molar-refractivity contribution is 6.32. The van der Waals surface area contributed by atoms with Gasteiger partial charge in [-0.05, 0) is 20.8 Å². The van der Waals surface area contributed by atoms with Crippen LogP contribution in [0.2, 0.25) is 0 Å². The number of carbonyl (C=O) groups is 1. The molecule has 0 saturated carbocycles. The highest BCUT2D eigenvalue weighted by Crippen LogP contribution is 2.13. The summed E-state index contributed by atoms with van der Waals surface area (Å²) in [6.45, 7) is 5.62. The molecule has 0 fully saturated rings. The maximum atomic E-state index is 11.3. The molecule has 1 atom stereocenters. The van der Waals surface area contributed by atoms with Gasteiger partial charge >= 0.3 is 0 Å². The lowest BCUT2D eigenvalue weighted by atomic mass is 10.4. The van der Waals surface area contributed by atoms with E-state index in [1.807, 2.05) is 13.8 Å². The largest absolute Gasteiger partial charge is 0.310 e. The van der Waals surface area contributed by atoms with Crippen molar-refractivity contribution in [3.05, 3.63) is 12.3 Å². The maximum Gasteiger partial charge on any atom is 0.243 e. The molecule has 5 heteroatoms. The van der Waals surface area contributed by atoms with E-state index in [9.17, 15) is 4.79 Å². The molecule has 0 aliphatic carbocycles. The van der Waals surface area contributed by atoms with Gasteiger partial charge in [0.25, 0.3) is 0 Å². The van der Waals surface area contributed by atoms with Crippen molar-refractivity contribution in [3.8, 4) is 0 Å². The lowest BCUT2D eigenvalue weighted by Gasteiger charge is -2.12. The molecule has 1 amide bonds. The molecule has 0 saturated heterocycles. The van der Waals surface area contributed by atoms with Crippen molar-refractivity contribution in [2.75, 3.05) is 5.32 Å². The van der Waals surface area contributed by atoms with Crippen LogP contribution in [0.15, 0.2) is 12.3 Å². The average molecular weight is 216 g/mol. The highest BCUT2D eigenvalue weighted by Gasteiger charge is 2.12. The number of nitrogens with one attached hydrogen (secondary N) is 1. The van der Waals surface area contributed by atoms with E-state index in [1.165, 1.54) is 0 Å². The zero-order valence-electron chi connectivity index (χ0n) is 8.49. The molecule has 1 aromatic heterocycles. The summed E-state index contributed by atoms with van der Waals surface area (Å²) >= 11 is 5.64. The maximum absolute atomic E-state index is 11.3. The van der Waals surface area contributed by atoms with E-state index in [1.54, 1.807) is 23.9 Å². The molecular formula is C9H14ClN3O. The van der Waals surface area contributed by atoms with Gasteiger partial charge in [0, 0.05) is 12.1 Å². The molecule has 1 heterocycles. The van der Waals surface area contributed by atoms with Crippen molar-refractivity contribution >= 4 is 23.3 Å². The molecule has 1 rings (SSSR count). The summed E-state index contributed by atoms with van der Waals surface area (Å²) in [6.07, 6.45) is 1.65. The van der Waals surface area contributed by atoms with Gasteiger partial charge in [-0.15, -0.1) is 11.6 Å². The highest BCUT2D eigenvalue weighted by atomic mass is 35.5. The Labute approximate surface area is 88.2 Å². The van der Waals surface area contributed by atoms with E-state index in [-0.39, 0.29) is 11.9 Å². The summed E-state index contributed by atoms with van der Waals surface area (Å²) in [6, 6.07) is 1.96. The van der Waals surface area contributed by atoms with Crippen LogP contribution in [-0.4, -0.2) is 21.1 Å². The van der Waals surface area contributed by atoms with Crippen molar-refractivity contribution in [1.29, 1.82) is 0 Å². The zero-order chi connectivity index (χ0) is 10.7. The molecule has 0 aromatic carbocycles. The van der Waals surface area contributed by atoms with Gasteiger partial charge in [-0.2, -0.15) is 5.10 Å². The lowest BCUT2D eigenvalue weighted by molar-refractivity contribution is -0.115. The fourth-order valence-electron chi connectivity index (χ4n) is 1.05. The van der Waals surface area contributed by atoms with Gasteiger partial charge in [-0.1, -0.05) is 0 Å². The van der Waals surface area contributed by atoms with Crippen LogP contribution in [0.3, 0.4) is 0 Å². The number of hydrogen-bond acceptors (Lipinski definition) is 2. The molecule has 1 N–H and O–H groups in total. The minimum Gasteiger partial charge on any atom is -0.310 e. The standard InChI is InChI=1S/C9H14ClN3O/c1-6(2)13-8(4-5-11-13)12-9(14)7(3)10/h4-7H,1-3H3,(H,12,14). The molecule has 4 nitrogen and oxygen atoms in total. The summed E-state index contributed by atoms with van der Waals surface area (Å²) in [4.78, 5) is 11.3. The Morgan fingerprint density at radius 3 is 2.71 bits per heavy atom. The first-order valence-corrected chi connectivity index (χ1v) is 4.94. The SMILES string of the molecule is CC(Cl)C(=O)Nc1ccnn1C(C)C. The summed E-state index contributed by atoms with van der Waals surface area (Å²) < 4.78 is 1.73. The van der Waals surface area contributed by atoms with E-state index in [0.717, 1.165) is 0 Å². The van der Waals surface area contributed by atoms with Gasteiger partial charge in [0.1, 0.15) is 11.2 Å². The fourth-order valence-corrected chi connectivity index (χ4v) is 1.10. The van der Waals surface area contributed by atoms with Gasteiger partial charge in [0.05, 0.1) is 6.20 Å². The molecular weight excluding hydrogens is 202 g/mol. The number of carbonyl (C=O) groups excluding carboxylic acids is 1.